The molecular formula is C11H12F3NO3. The Morgan fingerprint density at radius 1 is 1.28 bits per heavy atom. The second-order valence-electron chi connectivity index (χ2n) is 3.90. The molecule has 0 bridgehead atoms. The number of nitrogens with two attached hydrogens (primary N) is 1. The van der Waals surface area contributed by atoms with Crippen molar-refractivity contribution in [3.05, 3.63) is 35.9 Å². The van der Waals surface area contributed by atoms with Crippen molar-refractivity contribution >= 4 is 5.97 Å². The summed E-state index contributed by atoms with van der Waals surface area (Å²) in [6, 6.07) is 4.82. The molecule has 0 heterocycles. The third-order valence-electron chi connectivity index (χ3n) is 2.59. The molecule has 0 fully saturated rings. The molecule has 1 aromatic rings. The molecule has 4 N–H and O–H groups in total. The van der Waals surface area contributed by atoms with Crippen LogP contribution in [0.5, 0.6) is 0 Å². The maximum Gasteiger partial charge on any atom is 0.419 e. The number of carboxylic acids is 1. The molecule has 0 aliphatic rings. The summed E-state index contributed by atoms with van der Waals surface area (Å²) >= 11 is 0. The number of hydrogen-bond acceptors (Lipinski definition) is 3. The van der Waals surface area contributed by atoms with Gasteiger partial charge in [0.2, 0.25) is 0 Å². The van der Waals surface area contributed by atoms with Crippen molar-refractivity contribution in [3.8, 4) is 0 Å². The lowest BCUT2D eigenvalue weighted by Crippen LogP contribution is -2.62. The molecule has 7 heteroatoms. The van der Waals surface area contributed by atoms with Crippen molar-refractivity contribution in [2.24, 2.45) is 5.73 Å². The van der Waals surface area contributed by atoms with Gasteiger partial charge in [0.05, 0.1) is 0 Å². The highest BCUT2D eigenvalue weighted by Gasteiger charge is 2.59. The predicted molar refractivity (Wildman–Crippen MR) is 56.8 cm³/mol. The molecule has 0 saturated heterocycles. The van der Waals surface area contributed by atoms with Gasteiger partial charge in [0.15, 0.2) is 5.60 Å². The van der Waals surface area contributed by atoms with Gasteiger partial charge in [-0.1, -0.05) is 30.3 Å². The van der Waals surface area contributed by atoms with Crippen LogP contribution in [0, 0.1) is 0 Å². The Hall–Kier alpha value is -1.60. The number of benzene rings is 1. The van der Waals surface area contributed by atoms with Gasteiger partial charge in [0.1, 0.15) is 6.04 Å². The summed E-state index contributed by atoms with van der Waals surface area (Å²) in [5.74, 6) is -1.91. The molecule has 1 aromatic carbocycles. The highest BCUT2D eigenvalue weighted by molar-refractivity contribution is 5.75. The van der Waals surface area contributed by atoms with E-state index in [1.807, 2.05) is 0 Å². The maximum atomic E-state index is 12.8. The molecular weight excluding hydrogens is 251 g/mol. The zero-order valence-electron chi connectivity index (χ0n) is 9.19. The van der Waals surface area contributed by atoms with Gasteiger partial charge in [-0.2, -0.15) is 13.2 Å². The molecule has 2 atom stereocenters. The molecule has 2 unspecified atom stereocenters. The third-order valence-corrected chi connectivity index (χ3v) is 2.59. The summed E-state index contributed by atoms with van der Waals surface area (Å²) in [5, 5.41) is 18.2. The van der Waals surface area contributed by atoms with Crippen LogP contribution in [0.2, 0.25) is 0 Å². The van der Waals surface area contributed by atoms with Crippen LogP contribution in [-0.4, -0.2) is 34.0 Å². The zero-order valence-corrected chi connectivity index (χ0v) is 9.19. The lowest BCUT2D eigenvalue weighted by molar-refractivity contribution is -0.267. The van der Waals surface area contributed by atoms with Crippen LogP contribution in [0.3, 0.4) is 0 Å². The Bertz CT molecular complexity index is 421. The average Bonchev–Trinajstić information content (AvgIpc) is 2.27. The van der Waals surface area contributed by atoms with E-state index in [9.17, 15) is 23.1 Å². The minimum absolute atomic E-state index is 0.147. The fourth-order valence-corrected chi connectivity index (χ4v) is 1.50. The largest absolute Gasteiger partial charge is 0.480 e. The van der Waals surface area contributed by atoms with Crippen LogP contribution in [0.25, 0.3) is 0 Å². The summed E-state index contributed by atoms with van der Waals surface area (Å²) in [5.41, 5.74) is 1.61. The van der Waals surface area contributed by atoms with E-state index in [4.69, 9.17) is 10.8 Å². The first-order valence-corrected chi connectivity index (χ1v) is 5.00. The van der Waals surface area contributed by atoms with Crippen LogP contribution < -0.4 is 5.73 Å². The molecule has 1 rings (SSSR count). The van der Waals surface area contributed by atoms with Gasteiger partial charge >= 0.3 is 12.1 Å². The number of rotatable bonds is 4. The first kappa shape index (κ1) is 14.5. The summed E-state index contributed by atoms with van der Waals surface area (Å²) in [4.78, 5) is 10.6. The second-order valence-corrected chi connectivity index (χ2v) is 3.90. The molecule has 0 aliphatic heterocycles. The van der Waals surface area contributed by atoms with Crippen LogP contribution in [0.1, 0.15) is 5.56 Å². The van der Waals surface area contributed by atoms with Crippen molar-refractivity contribution in [2.75, 3.05) is 0 Å². The third kappa shape index (κ3) is 2.80. The van der Waals surface area contributed by atoms with Crippen LogP contribution in [-0.2, 0) is 11.2 Å². The lowest BCUT2D eigenvalue weighted by atomic mass is 9.87. The van der Waals surface area contributed by atoms with Gasteiger partial charge in [-0.25, -0.2) is 0 Å². The zero-order chi connectivity index (χ0) is 14.0. The van der Waals surface area contributed by atoms with Crippen LogP contribution in [0.15, 0.2) is 30.3 Å². The topological polar surface area (TPSA) is 83.6 Å². The summed E-state index contributed by atoms with van der Waals surface area (Å²) in [6.07, 6.45) is -6.05. The smallest absolute Gasteiger partial charge is 0.419 e. The first-order chi connectivity index (χ1) is 8.18. The minimum atomic E-state index is -5.14. The molecule has 0 saturated carbocycles. The van der Waals surface area contributed by atoms with Gasteiger partial charge in [0, 0.05) is 6.42 Å². The van der Waals surface area contributed by atoms with Crippen molar-refractivity contribution in [2.45, 2.75) is 24.2 Å². The number of hydrogen-bond donors (Lipinski definition) is 3. The van der Waals surface area contributed by atoms with Gasteiger partial charge in [-0.05, 0) is 5.56 Å². The first-order valence-electron chi connectivity index (χ1n) is 5.00. The molecule has 0 amide bonds. The molecule has 18 heavy (non-hydrogen) atoms. The predicted octanol–water partition coefficient (Wildman–Crippen LogP) is 0.934. The van der Waals surface area contributed by atoms with Gasteiger partial charge in [-0.15, -0.1) is 0 Å². The number of halogens is 3. The summed E-state index contributed by atoms with van der Waals surface area (Å²) in [7, 11) is 0. The van der Waals surface area contributed by atoms with E-state index in [0.717, 1.165) is 0 Å². The SMILES string of the molecule is NC(C(=O)O)C(O)(Cc1ccccc1)C(F)(F)F. The van der Waals surface area contributed by atoms with Crippen LogP contribution >= 0.6 is 0 Å². The van der Waals surface area contributed by atoms with E-state index in [1.165, 1.54) is 24.3 Å². The normalized spacial score (nSPS) is 16.9. The van der Waals surface area contributed by atoms with E-state index in [-0.39, 0.29) is 5.56 Å². The minimum Gasteiger partial charge on any atom is -0.480 e. The molecule has 0 radical (unpaired) electrons. The monoisotopic (exact) mass is 263 g/mol. The van der Waals surface area contributed by atoms with Crippen molar-refractivity contribution < 1.29 is 28.2 Å². The number of carbonyl (C=O) groups is 1. The Morgan fingerprint density at radius 2 is 1.78 bits per heavy atom. The number of aliphatic hydroxyl groups is 1. The van der Waals surface area contributed by atoms with Gasteiger partial charge in [-0.3, -0.25) is 4.79 Å². The van der Waals surface area contributed by atoms with E-state index < -0.39 is 30.2 Å². The fourth-order valence-electron chi connectivity index (χ4n) is 1.50. The number of carboxylic acid groups (broad SMARTS) is 1. The highest BCUT2D eigenvalue weighted by atomic mass is 19.4. The van der Waals surface area contributed by atoms with E-state index in [2.05, 4.69) is 0 Å². The average molecular weight is 263 g/mol. The Kier molecular flexibility index (Phi) is 3.98. The second kappa shape index (κ2) is 4.95. The number of alkyl halides is 3. The quantitative estimate of drug-likeness (QED) is 0.754. The molecule has 100 valence electrons. The molecule has 0 spiro atoms. The lowest BCUT2D eigenvalue weighted by Gasteiger charge is -2.33. The van der Waals surface area contributed by atoms with E-state index in [0.29, 0.717) is 0 Å². The highest BCUT2D eigenvalue weighted by Crippen LogP contribution is 2.35. The van der Waals surface area contributed by atoms with Crippen molar-refractivity contribution in [1.29, 1.82) is 0 Å². The Balaban J connectivity index is 3.11. The molecule has 0 aromatic heterocycles. The Morgan fingerprint density at radius 3 is 2.17 bits per heavy atom. The summed E-state index contributed by atoms with van der Waals surface area (Å²) < 4.78 is 38.4. The Labute approximate surface area is 101 Å². The van der Waals surface area contributed by atoms with E-state index >= 15 is 0 Å². The van der Waals surface area contributed by atoms with Crippen molar-refractivity contribution in [3.63, 3.8) is 0 Å². The van der Waals surface area contributed by atoms with Gasteiger partial charge in [0.25, 0.3) is 0 Å². The standard InChI is InChI=1S/C11H12F3NO3/c12-11(13,14)10(18,8(15)9(16)17)6-7-4-2-1-3-5-7/h1-5,8,18H,6,15H2,(H,16,17). The maximum absolute atomic E-state index is 12.8. The summed E-state index contributed by atoms with van der Waals surface area (Å²) in [6.45, 7) is 0. The van der Waals surface area contributed by atoms with Crippen molar-refractivity contribution in [1.82, 2.24) is 0 Å². The van der Waals surface area contributed by atoms with Gasteiger partial charge < -0.3 is 15.9 Å². The molecule has 4 nitrogen and oxygen atoms in total. The number of aliphatic carboxylic acids is 1. The molecule has 0 aliphatic carbocycles. The van der Waals surface area contributed by atoms with E-state index in [1.54, 1.807) is 6.07 Å². The fraction of sp³-hybridized carbons (Fsp3) is 0.364. The van der Waals surface area contributed by atoms with Crippen LogP contribution in [0.4, 0.5) is 13.2 Å².